The molecule has 0 spiro atoms. The van der Waals surface area contributed by atoms with Crippen molar-refractivity contribution in [2.45, 2.75) is 155 Å². The molecular weight excluding hydrogens is 426 g/mol. The SMILES string of the molecule is CCCCCCCCCCCCCCCCCCOC(=O)C1CCCCN1C(=O)OCCCC. The molecule has 1 aliphatic rings. The number of hydrogen-bond donors (Lipinski definition) is 0. The van der Waals surface area contributed by atoms with E-state index in [0.717, 1.165) is 38.5 Å². The van der Waals surface area contributed by atoms with Crippen LogP contribution in [0.3, 0.4) is 0 Å². The van der Waals surface area contributed by atoms with E-state index < -0.39 is 6.04 Å². The maximum absolute atomic E-state index is 12.5. The molecule has 0 aromatic carbocycles. The number of unbranched alkanes of at least 4 members (excludes halogenated alkanes) is 16. The Balaban J connectivity index is 1.95. The molecule has 1 unspecified atom stereocenters. The lowest BCUT2D eigenvalue weighted by Crippen LogP contribution is -2.49. The minimum Gasteiger partial charge on any atom is -0.464 e. The van der Waals surface area contributed by atoms with E-state index in [2.05, 4.69) is 13.8 Å². The normalized spacial score (nSPS) is 15.9. The highest BCUT2D eigenvalue weighted by Gasteiger charge is 2.34. The van der Waals surface area contributed by atoms with Gasteiger partial charge in [-0.05, 0) is 32.1 Å². The summed E-state index contributed by atoms with van der Waals surface area (Å²) >= 11 is 0. The number of nitrogens with zero attached hydrogens (tertiary/aromatic N) is 1. The summed E-state index contributed by atoms with van der Waals surface area (Å²) in [6.45, 7) is 5.82. The lowest BCUT2D eigenvalue weighted by molar-refractivity contribution is -0.150. The van der Waals surface area contributed by atoms with Crippen molar-refractivity contribution in [2.75, 3.05) is 19.8 Å². The van der Waals surface area contributed by atoms with Crippen molar-refractivity contribution in [1.82, 2.24) is 4.90 Å². The maximum atomic E-state index is 12.5. The van der Waals surface area contributed by atoms with E-state index in [-0.39, 0.29) is 12.1 Å². The van der Waals surface area contributed by atoms with E-state index in [0.29, 0.717) is 26.2 Å². The highest BCUT2D eigenvalue weighted by molar-refractivity contribution is 5.81. The molecule has 0 aliphatic carbocycles. The number of hydrogen-bond acceptors (Lipinski definition) is 4. The van der Waals surface area contributed by atoms with Crippen LogP contribution in [0.2, 0.25) is 0 Å². The van der Waals surface area contributed by atoms with Gasteiger partial charge in [-0.15, -0.1) is 0 Å². The number of esters is 1. The van der Waals surface area contributed by atoms with Crippen LogP contribution < -0.4 is 0 Å². The van der Waals surface area contributed by atoms with Crippen molar-refractivity contribution in [2.24, 2.45) is 0 Å². The minimum atomic E-state index is -0.469. The molecule has 200 valence electrons. The summed E-state index contributed by atoms with van der Waals surface area (Å²) in [6.07, 6.45) is 25.3. The zero-order valence-corrected chi connectivity index (χ0v) is 22.6. The number of piperidine rings is 1. The van der Waals surface area contributed by atoms with Gasteiger partial charge in [-0.1, -0.05) is 117 Å². The third-order valence-corrected chi connectivity index (χ3v) is 6.98. The van der Waals surface area contributed by atoms with Gasteiger partial charge in [0, 0.05) is 6.54 Å². The van der Waals surface area contributed by atoms with Gasteiger partial charge in [0.1, 0.15) is 6.04 Å². The molecule has 0 aromatic heterocycles. The molecule has 5 nitrogen and oxygen atoms in total. The van der Waals surface area contributed by atoms with Gasteiger partial charge in [0.15, 0.2) is 0 Å². The second-order valence-corrected chi connectivity index (χ2v) is 10.1. The van der Waals surface area contributed by atoms with Gasteiger partial charge in [0.05, 0.1) is 13.2 Å². The lowest BCUT2D eigenvalue weighted by atomic mass is 10.0. The van der Waals surface area contributed by atoms with Crippen LogP contribution in [0.5, 0.6) is 0 Å². The first-order valence-corrected chi connectivity index (χ1v) is 14.8. The second kappa shape index (κ2) is 22.2. The Morgan fingerprint density at radius 3 is 1.62 bits per heavy atom. The zero-order valence-electron chi connectivity index (χ0n) is 22.6. The Kier molecular flexibility index (Phi) is 20.1. The number of carbonyl (C=O) groups excluding carboxylic acids is 2. The molecule has 0 radical (unpaired) electrons. The van der Waals surface area contributed by atoms with E-state index in [4.69, 9.17) is 9.47 Å². The first-order valence-electron chi connectivity index (χ1n) is 14.8. The predicted octanol–water partition coefficient (Wildman–Crippen LogP) is 8.58. The molecule has 1 heterocycles. The van der Waals surface area contributed by atoms with Crippen LogP contribution in [0.25, 0.3) is 0 Å². The Hall–Kier alpha value is -1.26. The van der Waals surface area contributed by atoms with Gasteiger partial charge in [-0.2, -0.15) is 0 Å². The molecular formula is C29H55NO4. The van der Waals surface area contributed by atoms with Crippen LogP contribution in [0.4, 0.5) is 4.79 Å². The fourth-order valence-electron chi connectivity index (χ4n) is 4.70. The summed E-state index contributed by atoms with van der Waals surface area (Å²) in [5, 5.41) is 0. The van der Waals surface area contributed by atoms with E-state index in [1.807, 2.05) is 0 Å². The average Bonchev–Trinajstić information content (AvgIpc) is 2.85. The number of likely N-dealkylation sites (tertiary alicyclic amines) is 1. The van der Waals surface area contributed by atoms with Crippen LogP contribution in [-0.2, 0) is 14.3 Å². The Labute approximate surface area is 210 Å². The van der Waals surface area contributed by atoms with Crippen LogP contribution in [0.15, 0.2) is 0 Å². The van der Waals surface area contributed by atoms with Crippen LogP contribution in [-0.4, -0.2) is 42.8 Å². The molecule has 1 fully saturated rings. The van der Waals surface area contributed by atoms with Crippen LogP contribution >= 0.6 is 0 Å². The fraction of sp³-hybridized carbons (Fsp3) is 0.931. The number of amides is 1. The summed E-state index contributed by atoms with van der Waals surface area (Å²) < 4.78 is 10.8. The molecule has 0 bridgehead atoms. The number of ether oxygens (including phenoxy) is 2. The molecule has 0 aromatic rings. The fourth-order valence-corrected chi connectivity index (χ4v) is 4.70. The largest absolute Gasteiger partial charge is 0.464 e. The molecule has 34 heavy (non-hydrogen) atoms. The predicted molar refractivity (Wildman–Crippen MR) is 141 cm³/mol. The van der Waals surface area contributed by atoms with Crippen molar-refractivity contribution in [3.8, 4) is 0 Å². The third kappa shape index (κ3) is 15.6. The van der Waals surface area contributed by atoms with E-state index in [1.54, 1.807) is 4.90 Å². The van der Waals surface area contributed by atoms with Crippen molar-refractivity contribution >= 4 is 12.1 Å². The molecule has 1 amide bonds. The van der Waals surface area contributed by atoms with Gasteiger partial charge in [0.2, 0.25) is 0 Å². The first-order chi connectivity index (χ1) is 16.7. The van der Waals surface area contributed by atoms with Crippen molar-refractivity contribution in [1.29, 1.82) is 0 Å². The molecule has 0 saturated carbocycles. The quantitative estimate of drug-likeness (QED) is 0.122. The van der Waals surface area contributed by atoms with Crippen LogP contribution in [0, 0.1) is 0 Å². The van der Waals surface area contributed by atoms with E-state index in [9.17, 15) is 9.59 Å². The van der Waals surface area contributed by atoms with Crippen molar-refractivity contribution in [3.63, 3.8) is 0 Å². The standard InChI is InChI=1S/C29H55NO4/c1-3-5-7-8-9-10-11-12-13-14-15-16-17-18-19-22-26-33-28(31)27-23-20-21-24-30(27)29(32)34-25-6-4-2/h27H,3-26H2,1-2H3. The molecule has 5 heteroatoms. The molecule has 1 saturated heterocycles. The molecule has 1 atom stereocenters. The molecule has 1 rings (SSSR count). The highest BCUT2D eigenvalue weighted by atomic mass is 16.6. The Morgan fingerprint density at radius 2 is 1.09 bits per heavy atom. The Bertz CT molecular complexity index is 497. The minimum absolute atomic E-state index is 0.256. The van der Waals surface area contributed by atoms with Crippen LogP contribution in [0.1, 0.15) is 149 Å². The summed E-state index contributed by atoms with van der Waals surface area (Å²) in [5.74, 6) is -0.256. The average molecular weight is 482 g/mol. The summed E-state index contributed by atoms with van der Waals surface area (Å²) in [6, 6.07) is -0.469. The van der Waals surface area contributed by atoms with E-state index in [1.165, 1.54) is 89.9 Å². The summed E-state index contributed by atoms with van der Waals surface area (Å²) in [5.41, 5.74) is 0. The molecule has 1 aliphatic heterocycles. The maximum Gasteiger partial charge on any atom is 0.410 e. The smallest absolute Gasteiger partial charge is 0.410 e. The van der Waals surface area contributed by atoms with Gasteiger partial charge >= 0.3 is 12.1 Å². The number of rotatable bonds is 21. The van der Waals surface area contributed by atoms with E-state index >= 15 is 0 Å². The topological polar surface area (TPSA) is 55.8 Å². The molecule has 0 N–H and O–H groups in total. The lowest BCUT2D eigenvalue weighted by Gasteiger charge is -2.33. The Morgan fingerprint density at radius 1 is 0.618 bits per heavy atom. The zero-order chi connectivity index (χ0) is 24.7. The van der Waals surface area contributed by atoms with Crippen molar-refractivity contribution in [3.05, 3.63) is 0 Å². The highest BCUT2D eigenvalue weighted by Crippen LogP contribution is 2.20. The van der Waals surface area contributed by atoms with Gasteiger partial charge in [0.25, 0.3) is 0 Å². The van der Waals surface area contributed by atoms with Gasteiger partial charge < -0.3 is 9.47 Å². The monoisotopic (exact) mass is 481 g/mol. The summed E-state index contributed by atoms with van der Waals surface area (Å²) in [7, 11) is 0. The number of carbonyl (C=O) groups is 2. The van der Waals surface area contributed by atoms with Gasteiger partial charge in [-0.3, -0.25) is 4.90 Å². The summed E-state index contributed by atoms with van der Waals surface area (Å²) in [4.78, 5) is 26.4. The van der Waals surface area contributed by atoms with Crippen molar-refractivity contribution < 1.29 is 19.1 Å². The second-order valence-electron chi connectivity index (χ2n) is 10.1. The van der Waals surface area contributed by atoms with Gasteiger partial charge in [-0.25, -0.2) is 9.59 Å². The third-order valence-electron chi connectivity index (χ3n) is 6.98. The first kappa shape index (κ1) is 30.8.